The van der Waals surface area contributed by atoms with Gasteiger partial charge in [-0.05, 0) is 93.9 Å². The van der Waals surface area contributed by atoms with Gasteiger partial charge in [-0.25, -0.2) is 0 Å². The van der Waals surface area contributed by atoms with Gasteiger partial charge in [0.2, 0.25) is 5.91 Å². The van der Waals surface area contributed by atoms with Crippen LogP contribution in [0.3, 0.4) is 0 Å². The maximum Gasteiger partial charge on any atom is 0.246 e. The Morgan fingerprint density at radius 2 is 1.75 bits per heavy atom. The second-order valence-electron chi connectivity index (χ2n) is 14.7. The summed E-state index contributed by atoms with van der Waals surface area (Å²) in [5.74, 6) is 4.33. The molecule has 5 rings (SSSR count). The predicted molar refractivity (Wildman–Crippen MR) is 249 cm³/mol. The number of allylic oxidation sites excluding steroid dienone is 7. The number of terminal acetylenes is 1. The molecule has 2 aromatic carbocycles. The third-order valence-corrected chi connectivity index (χ3v) is 10.1. The molecular weight excluding hydrogens is 687 g/mol. The van der Waals surface area contributed by atoms with Crippen molar-refractivity contribution in [1.29, 1.82) is 0 Å². The highest BCUT2D eigenvalue weighted by molar-refractivity contribution is 5.88. The highest BCUT2D eigenvalue weighted by Crippen LogP contribution is 2.45. The van der Waals surface area contributed by atoms with E-state index in [9.17, 15) is 4.79 Å². The van der Waals surface area contributed by atoms with Gasteiger partial charge < -0.3 is 19.4 Å². The largest absolute Gasteiger partial charge is 0.489 e. The number of likely N-dealkylation sites (N-methyl/N-ethyl adjacent to an activating group) is 1. The number of ether oxygens (including phenoxy) is 1. The van der Waals surface area contributed by atoms with Crippen molar-refractivity contribution in [2.24, 2.45) is 11.3 Å². The lowest BCUT2D eigenvalue weighted by Gasteiger charge is -2.47. The molecule has 0 bridgehead atoms. The number of aryl methyl sites for hydroxylation is 2. The number of nitrogens with zero attached hydrogens (tertiary/aromatic N) is 3. The van der Waals surface area contributed by atoms with Crippen molar-refractivity contribution in [3.8, 4) is 29.2 Å². The lowest BCUT2D eigenvalue weighted by molar-refractivity contribution is -0.136. The molecule has 1 amide bonds. The van der Waals surface area contributed by atoms with Crippen molar-refractivity contribution in [2.45, 2.75) is 82.1 Å². The van der Waals surface area contributed by atoms with Crippen LogP contribution >= 0.6 is 0 Å². The van der Waals surface area contributed by atoms with E-state index in [-0.39, 0.29) is 20.2 Å². The summed E-state index contributed by atoms with van der Waals surface area (Å²) in [5.41, 5.74) is 11.0. The average Bonchev–Trinajstić information content (AvgIpc) is 3.55. The van der Waals surface area contributed by atoms with Crippen molar-refractivity contribution in [2.75, 3.05) is 58.3 Å². The molecule has 1 unspecified atom stereocenters. The summed E-state index contributed by atoms with van der Waals surface area (Å²) in [6, 6.07) is 8.60. The number of amides is 1. The number of rotatable bonds is 11. The molecule has 306 valence electrons. The standard InChI is InChI=1S/C43H51N3O2.C3H6.2C2H6.CH4.H2/c1-10-30(3)22-38-32(5)17-18-33(6)42(38)39-24-36(48-26-35-15-12-14-31(4)34(7)23-35)25-40(37(39)11-2)45-21-19-43(27-45)28-46(29-43)41(47)16-13-20-44(8)9;1-3-2;2*1-2;;/h2,10,12-18,24-25,31H,1,3,7,19-23,26-29H2,4-6,8-9H3;3H,1H2,2H3;2*1-2H3;1H4;1H/b16-13+;;;;;. The number of hydrogen-bond donors (Lipinski definition) is 0. The molecular formula is C51H75N3O2. The second-order valence-corrected chi connectivity index (χ2v) is 14.7. The van der Waals surface area contributed by atoms with Gasteiger partial charge in [-0.2, -0.15) is 0 Å². The molecule has 1 spiro atoms. The van der Waals surface area contributed by atoms with E-state index < -0.39 is 0 Å². The molecule has 0 aromatic heterocycles. The molecule has 0 N–H and O–H groups in total. The van der Waals surface area contributed by atoms with E-state index in [0.29, 0.717) is 18.9 Å². The number of benzene rings is 2. The summed E-state index contributed by atoms with van der Waals surface area (Å²) < 4.78 is 6.62. The van der Waals surface area contributed by atoms with Crippen LogP contribution in [0.1, 0.15) is 85.5 Å². The third-order valence-electron chi connectivity index (χ3n) is 10.1. The van der Waals surface area contributed by atoms with Crippen molar-refractivity contribution in [1.82, 2.24) is 9.80 Å². The van der Waals surface area contributed by atoms with Crippen LogP contribution in [0.5, 0.6) is 5.75 Å². The SMILES string of the molecule is C.C#Cc1c(-c2c(C)ccc(C)c2CC(=C)C=C)cc(OCC2=CC=CC(C)C(=C)C2)cc1N1CCC2(CN(C(=O)/C=C/CN(C)C)C2)C1.C=CC.CC.CC.[HH]. The zero-order chi connectivity index (χ0) is 41.3. The molecule has 2 saturated heterocycles. The average molecular weight is 762 g/mol. The minimum Gasteiger partial charge on any atom is -0.489 e. The van der Waals surface area contributed by atoms with Crippen LogP contribution in [0, 0.1) is 37.5 Å². The third kappa shape index (κ3) is 12.9. The van der Waals surface area contributed by atoms with E-state index in [1.165, 1.54) is 22.3 Å². The summed E-state index contributed by atoms with van der Waals surface area (Å²) in [6.07, 6.45) is 22.6. The number of hydrogen-bond acceptors (Lipinski definition) is 4. The van der Waals surface area contributed by atoms with Gasteiger partial charge in [0.25, 0.3) is 0 Å². The van der Waals surface area contributed by atoms with Gasteiger partial charge >= 0.3 is 0 Å². The first-order valence-electron chi connectivity index (χ1n) is 20.0. The molecule has 2 heterocycles. The Labute approximate surface area is 344 Å². The summed E-state index contributed by atoms with van der Waals surface area (Å²) in [6.45, 7) is 36.7. The molecule has 2 aliphatic heterocycles. The Morgan fingerprint density at radius 1 is 1.11 bits per heavy atom. The molecule has 1 atom stereocenters. The normalized spacial score (nSPS) is 16.4. The first-order valence-corrected chi connectivity index (χ1v) is 20.0. The van der Waals surface area contributed by atoms with Gasteiger partial charge in [0.1, 0.15) is 12.4 Å². The quantitative estimate of drug-likeness (QED) is 0.0989. The lowest BCUT2D eigenvalue weighted by atomic mass is 9.79. The number of anilines is 1. The van der Waals surface area contributed by atoms with Gasteiger partial charge in [0.05, 0.1) is 11.3 Å². The minimum atomic E-state index is 0. The van der Waals surface area contributed by atoms with Gasteiger partial charge in [-0.3, -0.25) is 4.79 Å². The van der Waals surface area contributed by atoms with Crippen LogP contribution in [0.15, 0.2) is 110 Å². The van der Waals surface area contributed by atoms with E-state index in [1.54, 1.807) is 12.2 Å². The number of carbonyl (C=O) groups is 1. The fourth-order valence-electron chi connectivity index (χ4n) is 7.12. The van der Waals surface area contributed by atoms with E-state index in [4.69, 9.17) is 11.2 Å². The van der Waals surface area contributed by atoms with Crippen LogP contribution in [0.25, 0.3) is 11.1 Å². The fourth-order valence-corrected chi connectivity index (χ4v) is 7.12. The summed E-state index contributed by atoms with van der Waals surface area (Å²) in [7, 11) is 4.00. The van der Waals surface area contributed by atoms with Crippen LogP contribution in [0.2, 0.25) is 0 Å². The molecule has 3 aliphatic rings. The Balaban J connectivity index is 0.00000328. The monoisotopic (exact) mass is 762 g/mol. The first-order chi connectivity index (χ1) is 26.3. The maximum atomic E-state index is 12.8. The zero-order valence-electron chi connectivity index (χ0n) is 35.9. The van der Waals surface area contributed by atoms with Crippen molar-refractivity contribution >= 4 is 11.6 Å². The summed E-state index contributed by atoms with van der Waals surface area (Å²) >= 11 is 0. The minimum absolute atomic E-state index is 0. The van der Waals surface area contributed by atoms with Crippen LogP contribution < -0.4 is 9.64 Å². The molecule has 5 heteroatoms. The molecule has 1 aliphatic carbocycles. The predicted octanol–water partition coefficient (Wildman–Crippen LogP) is 12.0. The van der Waals surface area contributed by atoms with Gasteiger partial charge in [0.15, 0.2) is 0 Å². The Bertz CT molecular complexity index is 1800. The highest BCUT2D eigenvalue weighted by atomic mass is 16.5. The molecule has 2 aromatic rings. The Hall–Kier alpha value is -4.79. The molecule has 5 nitrogen and oxygen atoms in total. The molecule has 0 saturated carbocycles. The van der Waals surface area contributed by atoms with E-state index >= 15 is 0 Å². The van der Waals surface area contributed by atoms with E-state index in [2.05, 4.69) is 100 Å². The van der Waals surface area contributed by atoms with Crippen LogP contribution in [-0.4, -0.2) is 69.1 Å². The maximum absolute atomic E-state index is 12.8. The highest BCUT2D eigenvalue weighted by Gasteiger charge is 2.49. The summed E-state index contributed by atoms with van der Waals surface area (Å²) in [5, 5.41) is 0. The fraction of sp³-hybridized carbons (Fsp3) is 0.431. The van der Waals surface area contributed by atoms with Crippen LogP contribution in [0.4, 0.5) is 5.69 Å². The molecule has 56 heavy (non-hydrogen) atoms. The topological polar surface area (TPSA) is 36.0 Å². The van der Waals surface area contributed by atoms with E-state index in [1.807, 2.05) is 70.7 Å². The second kappa shape index (κ2) is 24.0. The smallest absolute Gasteiger partial charge is 0.246 e. The van der Waals surface area contributed by atoms with Gasteiger partial charge in [-0.15, -0.1) is 13.0 Å². The van der Waals surface area contributed by atoms with E-state index in [0.717, 1.165) is 84.8 Å². The Kier molecular flexibility index (Phi) is 21.1. The van der Waals surface area contributed by atoms with Gasteiger partial charge in [-0.1, -0.05) is 127 Å². The number of likely N-dealkylation sites (tertiary alicyclic amines) is 1. The number of carbonyl (C=O) groups excluding carboxylic acids is 1. The van der Waals surface area contributed by atoms with Crippen LogP contribution in [-0.2, 0) is 11.2 Å². The summed E-state index contributed by atoms with van der Waals surface area (Å²) in [4.78, 5) is 19.3. The Morgan fingerprint density at radius 3 is 2.36 bits per heavy atom. The molecule has 0 radical (unpaired) electrons. The van der Waals surface area contributed by atoms with Crippen molar-refractivity contribution in [3.05, 3.63) is 132 Å². The first kappa shape index (κ1) is 49.2. The van der Waals surface area contributed by atoms with Gasteiger partial charge in [0, 0.05) is 57.3 Å². The molecule has 2 fully saturated rings. The van der Waals surface area contributed by atoms with Crippen molar-refractivity contribution in [3.63, 3.8) is 0 Å². The lowest BCUT2D eigenvalue weighted by Crippen LogP contribution is -2.59. The zero-order valence-corrected chi connectivity index (χ0v) is 35.9. The van der Waals surface area contributed by atoms with Crippen molar-refractivity contribution < 1.29 is 11.0 Å².